The summed E-state index contributed by atoms with van der Waals surface area (Å²) < 4.78 is 5.81. The van der Waals surface area contributed by atoms with Gasteiger partial charge < -0.3 is 15.1 Å². The molecule has 0 spiro atoms. The quantitative estimate of drug-likeness (QED) is 0.361. The zero-order valence-electron chi connectivity index (χ0n) is 19.7. The van der Waals surface area contributed by atoms with Crippen LogP contribution in [0, 0.1) is 6.92 Å². The first-order chi connectivity index (χ1) is 17.3. The topological polar surface area (TPSA) is 126 Å². The molecular formula is C27H23N5O4. The fourth-order valence-electron chi connectivity index (χ4n) is 4.02. The summed E-state index contributed by atoms with van der Waals surface area (Å²) in [7, 11) is 0. The van der Waals surface area contributed by atoms with Crippen molar-refractivity contribution in [2.45, 2.75) is 25.9 Å². The number of hydrogen-bond donors (Lipinski definition) is 3. The third-order valence-corrected chi connectivity index (χ3v) is 6.09. The van der Waals surface area contributed by atoms with Crippen LogP contribution < -0.4 is 16.0 Å². The van der Waals surface area contributed by atoms with E-state index >= 15 is 0 Å². The highest BCUT2D eigenvalue weighted by atomic mass is 16.4. The number of benzene rings is 3. The molecule has 2 heterocycles. The van der Waals surface area contributed by atoms with Gasteiger partial charge in [-0.15, -0.1) is 10.2 Å². The Morgan fingerprint density at radius 3 is 2.36 bits per heavy atom. The van der Waals surface area contributed by atoms with Crippen molar-refractivity contribution in [3.8, 4) is 22.9 Å². The number of aryl methyl sites for hydroxylation is 1. The van der Waals surface area contributed by atoms with Gasteiger partial charge >= 0.3 is 6.03 Å². The van der Waals surface area contributed by atoms with Crippen molar-refractivity contribution in [1.82, 2.24) is 26.1 Å². The molecule has 1 aliphatic heterocycles. The van der Waals surface area contributed by atoms with Crippen molar-refractivity contribution >= 4 is 17.8 Å². The van der Waals surface area contributed by atoms with Crippen molar-refractivity contribution in [3.63, 3.8) is 0 Å². The summed E-state index contributed by atoms with van der Waals surface area (Å²) in [4.78, 5) is 36.5. The predicted molar refractivity (Wildman–Crippen MR) is 132 cm³/mol. The van der Waals surface area contributed by atoms with Crippen molar-refractivity contribution in [2.75, 3.05) is 0 Å². The fourth-order valence-corrected chi connectivity index (χ4v) is 4.02. The maximum absolute atomic E-state index is 12.7. The number of nitrogens with zero attached hydrogens (tertiary/aromatic N) is 2. The summed E-state index contributed by atoms with van der Waals surface area (Å²) in [6.45, 7) is 3.89. The van der Waals surface area contributed by atoms with Crippen molar-refractivity contribution in [1.29, 1.82) is 0 Å². The third kappa shape index (κ3) is 4.46. The number of amides is 4. The highest BCUT2D eigenvalue weighted by molar-refractivity contribution is 6.07. The van der Waals surface area contributed by atoms with Gasteiger partial charge in [-0.1, -0.05) is 42.0 Å². The number of rotatable bonds is 6. The van der Waals surface area contributed by atoms with Gasteiger partial charge in [-0.05, 0) is 61.4 Å². The molecule has 180 valence electrons. The first-order valence-corrected chi connectivity index (χ1v) is 11.3. The Hall–Kier alpha value is -4.79. The molecule has 3 N–H and O–H groups in total. The molecule has 1 unspecified atom stereocenters. The second-order valence-corrected chi connectivity index (χ2v) is 8.78. The number of imide groups is 1. The lowest BCUT2D eigenvalue weighted by atomic mass is 9.91. The summed E-state index contributed by atoms with van der Waals surface area (Å²) in [6, 6.07) is 21.3. The van der Waals surface area contributed by atoms with E-state index in [1.165, 1.54) is 0 Å². The molecule has 36 heavy (non-hydrogen) atoms. The van der Waals surface area contributed by atoms with E-state index in [2.05, 4.69) is 26.1 Å². The summed E-state index contributed by atoms with van der Waals surface area (Å²) in [5, 5.41) is 16.0. The maximum Gasteiger partial charge on any atom is 0.322 e. The maximum atomic E-state index is 12.7. The number of hydrogen-bond acceptors (Lipinski definition) is 6. The molecule has 4 amide bonds. The average Bonchev–Trinajstić information content (AvgIpc) is 3.47. The van der Waals surface area contributed by atoms with Gasteiger partial charge in [0.2, 0.25) is 11.8 Å². The van der Waals surface area contributed by atoms with Crippen molar-refractivity contribution in [3.05, 3.63) is 95.1 Å². The van der Waals surface area contributed by atoms with E-state index in [4.69, 9.17) is 4.42 Å². The number of carbonyl (C=O) groups excluding carboxylic acids is 3. The highest BCUT2D eigenvalue weighted by Gasteiger charge is 2.43. The molecule has 5 rings (SSSR count). The lowest BCUT2D eigenvalue weighted by Crippen LogP contribution is -2.40. The molecule has 3 aromatic carbocycles. The standard InChI is InChI=1S/C27H23N5O4/c1-16-5-3-7-20(13-16)24-32-31-23(36-24)19-11-9-18(10-12-19)22(33)28-15-17-6-4-8-21(14-17)27(2)25(34)29-26(35)30-27/h3-14H,15H2,1-2H3,(H,28,33)(H2,29,30,34,35). The van der Waals surface area contributed by atoms with E-state index in [0.717, 1.165) is 16.7 Å². The minimum absolute atomic E-state index is 0.254. The van der Waals surface area contributed by atoms with E-state index in [1.807, 2.05) is 37.3 Å². The van der Waals surface area contributed by atoms with Crippen LogP contribution in [0.2, 0.25) is 0 Å². The van der Waals surface area contributed by atoms with Gasteiger partial charge in [0.25, 0.3) is 11.8 Å². The number of aromatic nitrogens is 2. The minimum atomic E-state index is -1.15. The van der Waals surface area contributed by atoms with Crippen molar-refractivity contribution in [2.24, 2.45) is 0 Å². The van der Waals surface area contributed by atoms with Gasteiger partial charge in [-0.3, -0.25) is 14.9 Å². The molecule has 1 atom stereocenters. The Morgan fingerprint density at radius 2 is 1.67 bits per heavy atom. The van der Waals surface area contributed by atoms with Crippen LogP contribution in [0.1, 0.15) is 34.0 Å². The highest BCUT2D eigenvalue weighted by Crippen LogP contribution is 2.26. The second-order valence-electron chi connectivity index (χ2n) is 8.78. The number of carbonyl (C=O) groups is 3. The minimum Gasteiger partial charge on any atom is -0.416 e. The number of nitrogens with one attached hydrogen (secondary N) is 3. The Balaban J connectivity index is 1.24. The second kappa shape index (κ2) is 9.10. The normalized spacial score (nSPS) is 16.9. The Bertz CT molecular complexity index is 1480. The molecule has 4 aromatic rings. The lowest BCUT2D eigenvalue weighted by Gasteiger charge is -2.21. The first kappa shape index (κ1) is 23.0. The summed E-state index contributed by atoms with van der Waals surface area (Å²) >= 11 is 0. The number of urea groups is 1. The predicted octanol–water partition coefficient (Wildman–Crippen LogP) is 3.70. The van der Waals surface area contributed by atoms with E-state index in [1.54, 1.807) is 49.4 Å². The third-order valence-electron chi connectivity index (χ3n) is 6.09. The molecular weight excluding hydrogens is 458 g/mol. The molecule has 0 bridgehead atoms. The smallest absolute Gasteiger partial charge is 0.322 e. The lowest BCUT2D eigenvalue weighted by molar-refractivity contribution is -0.123. The van der Waals surface area contributed by atoms with Gasteiger partial charge in [-0.25, -0.2) is 4.79 Å². The molecule has 1 aromatic heterocycles. The van der Waals surface area contributed by atoms with Crippen LogP contribution in [0.3, 0.4) is 0 Å². The van der Waals surface area contributed by atoms with Crippen LogP contribution in [-0.4, -0.2) is 28.0 Å². The van der Waals surface area contributed by atoms with Crippen molar-refractivity contribution < 1.29 is 18.8 Å². The summed E-state index contributed by atoms with van der Waals surface area (Å²) in [6.07, 6.45) is 0. The van der Waals surface area contributed by atoms with Crippen LogP contribution in [0.15, 0.2) is 77.2 Å². The van der Waals surface area contributed by atoms with E-state index < -0.39 is 17.5 Å². The molecule has 0 radical (unpaired) electrons. The average molecular weight is 482 g/mol. The van der Waals surface area contributed by atoms with E-state index in [-0.39, 0.29) is 12.5 Å². The van der Waals surface area contributed by atoms with Crippen LogP contribution in [0.5, 0.6) is 0 Å². The Kier molecular flexibility index (Phi) is 5.81. The molecule has 9 nitrogen and oxygen atoms in total. The molecule has 1 saturated heterocycles. The Labute approximate surface area is 206 Å². The van der Waals surface area contributed by atoms with Gasteiger partial charge in [0.15, 0.2) is 0 Å². The largest absolute Gasteiger partial charge is 0.416 e. The van der Waals surface area contributed by atoms with Gasteiger partial charge in [-0.2, -0.15) is 0 Å². The van der Waals surface area contributed by atoms with Crippen LogP contribution in [-0.2, 0) is 16.9 Å². The first-order valence-electron chi connectivity index (χ1n) is 11.3. The zero-order chi connectivity index (χ0) is 25.3. The van der Waals surface area contributed by atoms with Gasteiger partial charge in [0.1, 0.15) is 5.54 Å². The Morgan fingerprint density at radius 1 is 0.944 bits per heavy atom. The molecule has 1 fully saturated rings. The van der Waals surface area contributed by atoms with Crippen LogP contribution in [0.4, 0.5) is 4.79 Å². The van der Waals surface area contributed by atoms with Gasteiger partial charge in [0, 0.05) is 23.2 Å². The summed E-state index contributed by atoms with van der Waals surface area (Å²) in [5.41, 5.74) is 3.39. The van der Waals surface area contributed by atoms with Crippen LogP contribution >= 0.6 is 0 Å². The molecule has 0 saturated carbocycles. The van der Waals surface area contributed by atoms with E-state index in [9.17, 15) is 14.4 Å². The SMILES string of the molecule is Cc1cccc(-c2nnc(-c3ccc(C(=O)NCc4cccc(C5(C)NC(=O)NC5=O)c4)cc3)o2)c1. The molecule has 1 aliphatic rings. The fraction of sp³-hybridized carbons (Fsp3) is 0.148. The molecule has 9 heteroatoms. The monoisotopic (exact) mass is 481 g/mol. The van der Waals surface area contributed by atoms with Gasteiger partial charge in [0.05, 0.1) is 0 Å². The summed E-state index contributed by atoms with van der Waals surface area (Å²) in [5.74, 6) is 0.130. The van der Waals surface area contributed by atoms with E-state index in [0.29, 0.717) is 28.5 Å². The zero-order valence-corrected chi connectivity index (χ0v) is 19.7. The molecule has 0 aliphatic carbocycles. The van der Waals surface area contributed by atoms with Crippen LogP contribution in [0.25, 0.3) is 22.9 Å².